The smallest absolute Gasteiger partial charge is 0.126 e. The largest absolute Gasteiger partial charge is 0.380 e. The molecule has 6 nitrogen and oxygen atoms in total. The van der Waals surface area contributed by atoms with E-state index in [-0.39, 0.29) is 12.1 Å². The molecular weight excluding hydrogens is 438 g/mol. The second-order valence-electron chi connectivity index (χ2n) is 10.9. The summed E-state index contributed by atoms with van der Waals surface area (Å²) in [4.78, 5) is 13.0. The summed E-state index contributed by atoms with van der Waals surface area (Å²) in [7, 11) is -1.11. The molecule has 0 saturated carbocycles. The molecule has 1 aliphatic rings. The van der Waals surface area contributed by atoms with Gasteiger partial charge in [-0.3, -0.25) is 4.98 Å². The molecule has 0 spiro atoms. The topological polar surface area (TPSA) is 88.8 Å². The van der Waals surface area contributed by atoms with E-state index >= 15 is 0 Å². The van der Waals surface area contributed by atoms with Crippen LogP contribution < -0.4 is 11.1 Å². The van der Waals surface area contributed by atoms with Crippen molar-refractivity contribution in [3.05, 3.63) is 59.7 Å². The third-order valence-electron chi connectivity index (χ3n) is 6.88. The molecule has 3 unspecified atom stereocenters. The van der Waals surface area contributed by atoms with E-state index in [2.05, 4.69) is 47.1 Å². The number of benzene rings is 1. The summed E-state index contributed by atoms with van der Waals surface area (Å²) in [5, 5.41) is 3.69. The van der Waals surface area contributed by atoms with Crippen molar-refractivity contribution in [3.8, 4) is 0 Å². The summed E-state index contributed by atoms with van der Waals surface area (Å²) in [5.74, 6) is 1.32. The molecule has 184 valence electrons. The second kappa shape index (κ2) is 11.6. The molecule has 7 heteroatoms. The third-order valence-corrected chi connectivity index (χ3v) is 8.58. The maximum absolute atomic E-state index is 6.67. The lowest BCUT2D eigenvalue weighted by Crippen LogP contribution is -2.33. The number of hydrogen-bond acceptors (Lipinski definition) is 5. The van der Waals surface area contributed by atoms with E-state index in [9.17, 15) is 0 Å². The van der Waals surface area contributed by atoms with Crippen LogP contribution in [-0.2, 0) is 11.2 Å². The highest BCUT2D eigenvalue weighted by molar-refractivity contribution is 6.76. The van der Waals surface area contributed by atoms with E-state index < -0.39 is 8.07 Å². The molecule has 0 amide bonds. The van der Waals surface area contributed by atoms with E-state index in [0.29, 0.717) is 12.5 Å². The number of H-pyrrole nitrogens is 1. The molecule has 4 rings (SSSR count). The lowest BCUT2D eigenvalue weighted by atomic mass is 9.81. The molecule has 2 heterocycles. The Morgan fingerprint density at radius 3 is 2.88 bits per heavy atom. The molecule has 1 aliphatic carbocycles. The van der Waals surface area contributed by atoms with Crippen LogP contribution in [0.3, 0.4) is 0 Å². The van der Waals surface area contributed by atoms with Gasteiger partial charge in [-0.1, -0.05) is 37.8 Å². The molecule has 34 heavy (non-hydrogen) atoms. The Morgan fingerprint density at radius 2 is 2.06 bits per heavy atom. The number of imidazole rings is 1. The SMILES string of the molecule is C[Si](C)(C)CCOCC(NCCCC(N)C1CCCc2cccnc21)c1nc2ccccc2[nH]1. The predicted molar refractivity (Wildman–Crippen MR) is 143 cm³/mol. The second-order valence-corrected chi connectivity index (χ2v) is 16.5. The van der Waals surface area contributed by atoms with Crippen LogP contribution in [0.15, 0.2) is 42.6 Å². The summed E-state index contributed by atoms with van der Waals surface area (Å²) >= 11 is 0. The minimum Gasteiger partial charge on any atom is -0.380 e. The van der Waals surface area contributed by atoms with Crippen molar-refractivity contribution in [3.63, 3.8) is 0 Å². The van der Waals surface area contributed by atoms with E-state index in [4.69, 9.17) is 15.5 Å². The number of rotatable bonds is 12. The van der Waals surface area contributed by atoms with Gasteiger partial charge in [-0.05, 0) is 68.5 Å². The van der Waals surface area contributed by atoms with Crippen LogP contribution in [-0.4, -0.2) is 48.8 Å². The van der Waals surface area contributed by atoms with Gasteiger partial charge in [-0.15, -0.1) is 0 Å². The molecule has 1 aromatic carbocycles. The van der Waals surface area contributed by atoms with Gasteiger partial charge in [0, 0.05) is 38.5 Å². The normalized spacial score (nSPS) is 18.1. The van der Waals surface area contributed by atoms with Crippen LogP contribution in [0.1, 0.15) is 54.7 Å². The first kappa shape index (κ1) is 25.0. The number of pyridine rings is 1. The van der Waals surface area contributed by atoms with Crippen molar-refractivity contribution >= 4 is 19.1 Å². The zero-order valence-electron chi connectivity index (χ0n) is 21.0. The number of nitrogens with two attached hydrogens (primary N) is 1. The zero-order chi connectivity index (χ0) is 24.0. The minimum atomic E-state index is -1.11. The molecular formula is C27H41N5OSi. The van der Waals surface area contributed by atoms with Crippen molar-refractivity contribution in [1.29, 1.82) is 0 Å². The number of para-hydroxylation sites is 2. The van der Waals surface area contributed by atoms with Gasteiger partial charge < -0.3 is 20.8 Å². The van der Waals surface area contributed by atoms with Crippen molar-refractivity contribution < 1.29 is 4.74 Å². The molecule has 3 atom stereocenters. The monoisotopic (exact) mass is 479 g/mol. The van der Waals surface area contributed by atoms with Crippen molar-refractivity contribution in [2.75, 3.05) is 19.8 Å². The van der Waals surface area contributed by atoms with Crippen molar-refractivity contribution in [2.45, 2.75) is 75.8 Å². The Kier molecular flexibility index (Phi) is 8.53. The van der Waals surface area contributed by atoms with Crippen LogP contribution in [0.4, 0.5) is 0 Å². The summed E-state index contributed by atoms with van der Waals surface area (Å²) in [6.07, 6.45) is 7.39. The highest BCUT2D eigenvalue weighted by Crippen LogP contribution is 2.33. The summed E-state index contributed by atoms with van der Waals surface area (Å²) in [5.41, 5.74) is 11.3. The van der Waals surface area contributed by atoms with Crippen molar-refractivity contribution in [2.24, 2.45) is 5.73 Å². The number of nitrogens with one attached hydrogen (secondary N) is 2. The number of aromatic nitrogens is 3. The number of ether oxygens (including phenoxy) is 1. The summed E-state index contributed by atoms with van der Waals surface area (Å²) in [6, 6.07) is 13.8. The maximum atomic E-state index is 6.67. The number of aryl methyl sites for hydroxylation is 1. The van der Waals surface area contributed by atoms with Crippen LogP contribution in [0, 0.1) is 0 Å². The Hall–Kier alpha value is -2.06. The Morgan fingerprint density at radius 1 is 1.21 bits per heavy atom. The Bertz CT molecular complexity index is 1010. The van der Waals surface area contributed by atoms with Gasteiger partial charge in [-0.2, -0.15) is 0 Å². The fourth-order valence-electron chi connectivity index (χ4n) is 4.83. The van der Waals surface area contributed by atoms with Crippen LogP contribution in [0.2, 0.25) is 25.7 Å². The lowest BCUT2D eigenvalue weighted by molar-refractivity contribution is 0.120. The highest BCUT2D eigenvalue weighted by atomic mass is 28.3. The molecule has 0 fully saturated rings. The summed E-state index contributed by atoms with van der Waals surface area (Å²) in [6.45, 7) is 9.47. The molecule has 3 aromatic rings. The predicted octanol–water partition coefficient (Wildman–Crippen LogP) is 5.17. The third kappa shape index (κ3) is 6.75. The van der Waals surface area contributed by atoms with E-state index in [1.54, 1.807) is 0 Å². The van der Waals surface area contributed by atoms with Crippen LogP contribution in [0.25, 0.3) is 11.0 Å². The molecule has 0 radical (unpaired) electrons. The van der Waals surface area contributed by atoms with Gasteiger partial charge in [0.25, 0.3) is 0 Å². The highest BCUT2D eigenvalue weighted by Gasteiger charge is 2.26. The quantitative estimate of drug-likeness (QED) is 0.246. The molecule has 0 bridgehead atoms. The molecule has 0 saturated heterocycles. The van der Waals surface area contributed by atoms with Gasteiger partial charge in [0.1, 0.15) is 5.82 Å². The summed E-state index contributed by atoms with van der Waals surface area (Å²) < 4.78 is 6.11. The standard InChI is InChI=1S/C27H41N5OSi/c1-34(2,3)18-17-33-19-25(27-31-23-13-4-5-14-24(23)32-27)29-15-8-12-22(28)21-11-6-9-20-10-7-16-30-26(20)21/h4-5,7,10,13-14,16,21-22,25,29H,6,8-9,11-12,15,17-19,28H2,1-3H3,(H,31,32). The van der Waals surface area contributed by atoms with Crippen LogP contribution in [0.5, 0.6) is 0 Å². The van der Waals surface area contributed by atoms with E-state index in [0.717, 1.165) is 55.7 Å². The first-order chi connectivity index (χ1) is 16.4. The number of hydrogen-bond donors (Lipinski definition) is 3. The fraction of sp³-hybridized carbons (Fsp3) is 0.556. The number of nitrogens with zero attached hydrogens (tertiary/aromatic N) is 2. The lowest BCUT2D eigenvalue weighted by Gasteiger charge is -2.29. The minimum absolute atomic E-state index is 0.0438. The van der Waals surface area contributed by atoms with Gasteiger partial charge in [0.15, 0.2) is 0 Å². The number of fused-ring (bicyclic) bond motifs is 2. The Balaban J connectivity index is 1.32. The fourth-order valence-corrected chi connectivity index (χ4v) is 5.59. The average molecular weight is 480 g/mol. The molecule has 4 N–H and O–H groups in total. The van der Waals surface area contributed by atoms with Gasteiger partial charge in [0.05, 0.1) is 23.7 Å². The Labute approximate surface area is 205 Å². The van der Waals surface area contributed by atoms with Gasteiger partial charge >= 0.3 is 0 Å². The number of aromatic amines is 1. The zero-order valence-corrected chi connectivity index (χ0v) is 22.0. The molecule has 2 aromatic heterocycles. The maximum Gasteiger partial charge on any atom is 0.126 e. The van der Waals surface area contributed by atoms with Gasteiger partial charge in [0.2, 0.25) is 0 Å². The van der Waals surface area contributed by atoms with E-state index in [1.807, 2.05) is 30.5 Å². The first-order valence-corrected chi connectivity index (χ1v) is 16.6. The molecule has 0 aliphatic heterocycles. The van der Waals surface area contributed by atoms with E-state index in [1.165, 1.54) is 23.7 Å². The van der Waals surface area contributed by atoms with Crippen molar-refractivity contribution in [1.82, 2.24) is 20.3 Å². The first-order valence-electron chi connectivity index (χ1n) is 12.9. The van der Waals surface area contributed by atoms with Gasteiger partial charge in [-0.25, -0.2) is 4.98 Å². The van der Waals surface area contributed by atoms with Crippen LogP contribution >= 0.6 is 0 Å². The average Bonchev–Trinajstić information content (AvgIpc) is 3.26.